The van der Waals surface area contributed by atoms with Crippen LogP contribution in [0.3, 0.4) is 0 Å². The third-order valence-electron chi connectivity index (χ3n) is 3.85. The summed E-state index contributed by atoms with van der Waals surface area (Å²) >= 11 is 1.57. The van der Waals surface area contributed by atoms with E-state index in [1.54, 1.807) is 41.7 Å². The van der Waals surface area contributed by atoms with Crippen LogP contribution in [0.5, 0.6) is 11.5 Å². The van der Waals surface area contributed by atoms with Crippen LogP contribution in [0.4, 0.5) is 0 Å². The van der Waals surface area contributed by atoms with Crippen molar-refractivity contribution in [3.05, 3.63) is 58.5 Å². The van der Waals surface area contributed by atoms with Gasteiger partial charge in [-0.2, -0.15) is 11.3 Å². The molecule has 0 radical (unpaired) electrons. The normalized spacial score (nSPS) is 13.6. The van der Waals surface area contributed by atoms with Gasteiger partial charge >= 0.3 is 0 Å². The SMILES string of the molecule is O=C(NC[C@H](O)c1ccc(-c2ccsc2)o1)c1ccc2c(c1)OCO2. The van der Waals surface area contributed by atoms with E-state index in [1.807, 2.05) is 16.8 Å². The molecule has 0 aliphatic carbocycles. The lowest BCUT2D eigenvalue weighted by Crippen LogP contribution is -2.28. The molecule has 0 spiro atoms. The van der Waals surface area contributed by atoms with Crippen LogP contribution in [-0.4, -0.2) is 24.4 Å². The fourth-order valence-electron chi connectivity index (χ4n) is 2.52. The average Bonchev–Trinajstić information content (AvgIpc) is 3.38. The lowest BCUT2D eigenvalue weighted by Gasteiger charge is -2.10. The first-order valence-electron chi connectivity index (χ1n) is 7.69. The number of hydrogen-bond donors (Lipinski definition) is 2. The zero-order chi connectivity index (χ0) is 17.2. The minimum atomic E-state index is -0.926. The maximum Gasteiger partial charge on any atom is 0.251 e. The summed E-state index contributed by atoms with van der Waals surface area (Å²) in [4.78, 5) is 12.2. The number of carbonyl (C=O) groups excluding carboxylic acids is 1. The highest BCUT2D eigenvalue weighted by atomic mass is 32.1. The monoisotopic (exact) mass is 357 g/mol. The molecule has 3 aromatic rings. The molecule has 1 aliphatic heterocycles. The standard InChI is InChI=1S/C18H15NO5S/c20-13(15-4-3-14(24-15)12-5-6-25-9-12)8-19-18(21)11-1-2-16-17(7-11)23-10-22-16/h1-7,9,13,20H,8,10H2,(H,19,21)/t13-/m0/s1. The first-order valence-corrected chi connectivity index (χ1v) is 8.63. The van der Waals surface area contributed by atoms with Gasteiger partial charge in [-0.3, -0.25) is 4.79 Å². The number of fused-ring (bicyclic) bond motifs is 1. The van der Waals surface area contributed by atoms with E-state index in [-0.39, 0.29) is 19.2 Å². The van der Waals surface area contributed by atoms with Crippen LogP contribution in [0.15, 0.2) is 51.6 Å². The summed E-state index contributed by atoms with van der Waals surface area (Å²) in [6.07, 6.45) is -0.926. The Morgan fingerprint density at radius 3 is 2.92 bits per heavy atom. The van der Waals surface area contributed by atoms with Crippen molar-refractivity contribution in [3.63, 3.8) is 0 Å². The third kappa shape index (κ3) is 3.24. The molecule has 1 atom stereocenters. The highest BCUT2D eigenvalue weighted by molar-refractivity contribution is 7.08. The fraction of sp³-hybridized carbons (Fsp3) is 0.167. The second-order valence-electron chi connectivity index (χ2n) is 5.51. The number of furan rings is 1. The van der Waals surface area contributed by atoms with Crippen LogP contribution >= 0.6 is 11.3 Å². The molecular formula is C18H15NO5S. The Bertz CT molecular complexity index is 887. The molecule has 7 heteroatoms. The molecule has 1 aliphatic rings. The van der Waals surface area contributed by atoms with E-state index in [2.05, 4.69) is 5.32 Å². The van der Waals surface area contributed by atoms with Gasteiger partial charge in [0.05, 0.1) is 6.54 Å². The van der Waals surface area contributed by atoms with Gasteiger partial charge in [0, 0.05) is 16.5 Å². The summed E-state index contributed by atoms with van der Waals surface area (Å²) in [5, 5.41) is 16.8. The summed E-state index contributed by atoms with van der Waals surface area (Å²) < 4.78 is 16.1. The Balaban J connectivity index is 1.38. The van der Waals surface area contributed by atoms with Crippen molar-refractivity contribution in [2.24, 2.45) is 0 Å². The molecule has 6 nitrogen and oxygen atoms in total. The average molecular weight is 357 g/mol. The zero-order valence-electron chi connectivity index (χ0n) is 13.1. The number of hydrogen-bond acceptors (Lipinski definition) is 6. The number of nitrogens with one attached hydrogen (secondary N) is 1. The molecule has 0 saturated heterocycles. The van der Waals surface area contributed by atoms with Gasteiger partial charge in [0.15, 0.2) is 11.5 Å². The predicted octanol–water partition coefficient (Wildman–Crippen LogP) is 3.20. The van der Waals surface area contributed by atoms with Gasteiger partial charge in [0.25, 0.3) is 5.91 Å². The molecule has 2 aromatic heterocycles. The summed E-state index contributed by atoms with van der Waals surface area (Å²) in [5.41, 5.74) is 1.41. The van der Waals surface area contributed by atoms with Crippen LogP contribution in [0.2, 0.25) is 0 Å². The van der Waals surface area contributed by atoms with Gasteiger partial charge < -0.3 is 24.3 Å². The van der Waals surface area contributed by atoms with Crippen molar-refractivity contribution < 1.29 is 23.8 Å². The molecule has 1 aromatic carbocycles. The van der Waals surface area contributed by atoms with Gasteiger partial charge in [-0.25, -0.2) is 0 Å². The Hall–Kier alpha value is -2.77. The van der Waals surface area contributed by atoms with Crippen LogP contribution < -0.4 is 14.8 Å². The van der Waals surface area contributed by atoms with Crippen molar-refractivity contribution in [1.82, 2.24) is 5.32 Å². The van der Waals surface area contributed by atoms with Crippen molar-refractivity contribution in [3.8, 4) is 22.8 Å². The molecule has 0 saturated carbocycles. The van der Waals surface area contributed by atoms with Gasteiger partial charge in [-0.1, -0.05) is 0 Å². The number of thiophene rings is 1. The van der Waals surface area contributed by atoms with Gasteiger partial charge in [-0.05, 0) is 41.8 Å². The maximum atomic E-state index is 12.2. The quantitative estimate of drug-likeness (QED) is 0.733. The van der Waals surface area contributed by atoms with Crippen molar-refractivity contribution in [2.45, 2.75) is 6.10 Å². The van der Waals surface area contributed by atoms with Crippen molar-refractivity contribution in [1.29, 1.82) is 0 Å². The molecule has 1 amide bonds. The zero-order valence-corrected chi connectivity index (χ0v) is 13.9. The van der Waals surface area contributed by atoms with Crippen LogP contribution in [0.25, 0.3) is 11.3 Å². The summed E-state index contributed by atoms with van der Waals surface area (Å²) in [6, 6.07) is 10.4. The number of carbonyl (C=O) groups is 1. The summed E-state index contributed by atoms with van der Waals surface area (Å²) in [7, 11) is 0. The van der Waals surface area contributed by atoms with E-state index in [1.165, 1.54) is 0 Å². The van der Waals surface area contributed by atoms with E-state index in [9.17, 15) is 9.90 Å². The highest BCUT2D eigenvalue weighted by Crippen LogP contribution is 2.32. The molecule has 3 heterocycles. The number of rotatable bonds is 5. The van der Waals surface area contributed by atoms with E-state index >= 15 is 0 Å². The smallest absolute Gasteiger partial charge is 0.251 e. The lowest BCUT2D eigenvalue weighted by atomic mass is 10.2. The second kappa shape index (κ2) is 6.62. The molecular weight excluding hydrogens is 342 g/mol. The Labute approximate surface area is 147 Å². The first-order chi connectivity index (χ1) is 12.2. The Morgan fingerprint density at radius 1 is 1.20 bits per heavy atom. The first kappa shape index (κ1) is 15.7. The van der Waals surface area contributed by atoms with Crippen molar-refractivity contribution >= 4 is 17.2 Å². The highest BCUT2D eigenvalue weighted by Gasteiger charge is 2.18. The minimum Gasteiger partial charge on any atom is -0.458 e. The van der Waals surface area contributed by atoms with Crippen molar-refractivity contribution in [2.75, 3.05) is 13.3 Å². The van der Waals surface area contributed by atoms with E-state index in [4.69, 9.17) is 13.9 Å². The molecule has 0 unspecified atom stereocenters. The molecule has 0 bridgehead atoms. The number of ether oxygens (including phenoxy) is 2. The minimum absolute atomic E-state index is 0.0455. The molecule has 25 heavy (non-hydrogen) atoms. The fourth-order valence-corrected chi connectivity index (χ4v) is 3.17. The van der Waals surface area contributed by atoms with Gasteiger partial charge in [0.2, 0.25) is 6.79 Å². The summed E-state index contributed by atoms with van der Waals surface area (Å²) in [6.45, 7) is 0.202. The molecule has 0 fully saturated rings. The van der Waals surface area contributed by atoms with Gasteiger partial charge in [-0.15, -0.1) is 0 Å². The van der Waals surface area contributed by atoms with Crippen LogP contribution in [-0.2, 0) is 0 Å². The van der Waals surface area contributed by atoms with E-state index in [0.29, 0.717) is 28.6 Å². The lowest BCUT2D eigenvalue weighted by molar-refractivity contribution is 0.0901. The number of amides is 1. The number of benzene rings is 1. The Morgan fingerprint density at radius 2 is 2.08 bits per heavy atom. The topological polar surface area (TPSA) is 80.9 Å². The molecule has 2 N–H and O–H groups in total. The van der Waals surface area contributed by atoms with Gasteiger partial charge in [0.1, 0.15) is 17.6 Å². The van der Waals surface area contributed by atoms with Crippen LogP contribution in [0, 0.1) is 0 Å². The third-order valence-corrected chi connectivity index (χ3v) is 4.53. The Kier molecular flexibility index (Phi) is 4.17. The molecule has 128 valence electrons. The summed E-state index contributed by atoms with van der Waals surface area (Å²) in [5.74, 6) is 1.96. The van der Waals surface area contributed by atoms with E-state index in [0.717, 1.165) is 5.56 Å². The predicted molar refractivity (Wildman–Crippen MR) is 91.9 cm³/mol. The molecule has 4 rings (SSSR count). The second-order valence-corrected chi connectivity index (χ2v) is 6.29. The maximum absolute atomic E-state index is 12.2. The largest absolute Gasteiger partial charge is 0.458 e. The van der Waals surface area contributed by atoms with Crippen LogP contribution in [0.1, 0.15) is 22.2 Å². The number of aliphatic hydroxyl groups is 1. The number of aliphatic hydroxyl groups excluding tert-OH is 1. The van der Waals surface area contributed by atoms with E-state index < -0.39 is 6.10 Å².